The Bertz CT molecular complexity index is 812. The second-order valence-corrected chi connectivity index (χ2v) is 5.21. The second-order valence-electron chi connectivity index (χ2n) is 4.85. The SMILES string of the molecule is O=C(NCCc1ccc(O)cc1)c1c(Cl)nc2ccccn12. The molecule has 6 heteroatoms. The van der Waals surface area contributed by atoms with E-state index in [2.05, 4.69) is 10.3 Å². The molecule has 0 spiro atoms. The molecule has 2 N–H and O–H groups in total. The van der Waals surface area contributed by atoms with Crippen LogP contribution in [-0.2, 0) is 6.42 Å². The van der Waals surface area contributed by atoms with Gasteiger partial charge in [-0.1, -0.05) is 29.8 Å². The van der Waals surface area contributed by atoms with E-state index in [1.54, 1.807) is 28.8 Å². The number of phenolic OH excluding ortho intramolecular Hbond substituents is 1. The molecule has 0 fully saturated rings. The third-order valence-corrected chi connectivity index (χ3v) is 3.60. The molecule has 0 aliphatic heterocycles. The molecule has 0 atom stereocenters. The second kappa shape index (κ2) is 6.07. The van der Waals surface area contributed by atoms with Gasteiger partial charge in [0.25, 0.3) is 5.91 Å². The van der Waals surface area contributed by atoms with E-state index in [0.717, 1.165) is 5.56 Å². The normalized spacial score (nSPS) is 10.8. The van der Waals surface area contributed by atoms with Crippen molar-refractivity contribution in [2.75, 3.05) is 6.54 Å². The van der Waals surface area contributed by atoms with Crippen LogP contribution in [0.5, 0.6) is 5.75 Å². The van der Waals surface area contributed by atoms with E-state index >= 15 is 0 Å². The summed E-state index contributed by atoms with van der Waals surface area (Å²) in [5.41, 5.74) is 2.00. The average molecular weight is 316 g/mol. The minimum absolute atomic E-state index is 0.188. The van der Waals surface area contributed by atoms with E-state index in [4.69, 9.17) is 11.6 Å². The molecule has 5 nitrogen and oxygen atoms in total. The number of nitrogens with one attached hydrogen (secondary N) is 1. The number of aromatic hydroxyl groups is 1. The molecule has 112 valence electrons. The lowest BCUT2D eigenvalue weighted by atomic mass is 10.1. The molecule has 0 radical (unpaired) electrons. The number of carbonyl (C=O) groups excluding carboxylic acids is 1. The number of nitrogens with zero attached hydrogens (tertiary/aromatic N) is 2. The molecule has 1 aromatic carbocycles. The third-order valence-electron chi connectivity index (χ3n) is 3.34. The van der Waals surface area contributed by atoms with Crippen molar-refractivity contribution in [1.82, 2.24) is 14.7 Å². The molecule has 22 heavy (non-hydrogen) atoms. The molecule has 3 rings (SSSR count). The van der Waals surface area contributed by atoms with Gasteiger partial charge < -0.3 is 10.4 Å². The topological polar surface area (TPSA) is 66.6 Å². The van der Waals surface area contributed by atoms with Crippen molar-refractivity contribution in [3.05, 3.63) is 65.1 Å². The lowest BCUT2D eigenvalue weighted by Gasteiger charge is -2.06. The zero-order chi connectivity index (χ0) is 15.5. The molecule has 0 saturated heterocycles. The van der Waals surface area contributed by atoms with Gasteiger partial charge >= 0.3 is 0 Å². The van der Waals surface area contributed by atoms with Crippen LogP contribution in [0.2, 0.25) is 5.15 Å². The van der Waals surface area contributed by atoms with E-state index in [-0.39, 0.29) is 16.8 Å². The molecule has 0 bridgehead atoms. The average Bonchev–Trinajstić information content (AvgIpc) is 2.85. The number of benzene rings is 1. The molecule has 1 amide bonds. The predicted octanol–water partition coefficient (Wildman–Crippen LogP) is 2.67. The first-order chi connectivity index (χ1) is 10.6. The number of phenols is 1. The third kappa shape index (κ3) is 2.89. The number of hydrogen-bond donors (Lipinski definition) is 2. The fourth-order valence-corrected chi connectivity index (χ4v) is 2.50. The minimum Gasteiger partial charge on any atom is -0.508 e. The Morgan fingerprint density at radius 3 is 2.77 bits per heavy atom. The van der Waals surface area contributed by atoms with Crippen LogP contribution < -0.4 is 5.32 Å². The first-order valence-electron chi connectivity index (χ1n) is 6.84. The van der Waals surface area contributed by atoms with Gasteiger partial charge in [0.05, 0.1) is 0 Å². The summed E-state index contributed by atoms with van der Waals surface area (Å²) in [6.07, 6.45) is 2.42. The largest absolute Gasteiger partial charge is 0.508 e. The van der Waals surface area contributed by atoms with Gasteiger partial charge in [0.1, 0.15) is 11.4 Å². The number of rotatable bonds is 4. The fraction of sp³-hybridized carbons (Fsp3) is 0.125. The van der Waals surface area contributed by atoms with Gasteiger partial charge in [0.15, 0.2) is 10.8 Å². The van der Waals surface area contributed by atoms with Gasteiger partial charge in [-0.25, -0.2) is 4.98 Å². The maximum atomic E-state index is 12.3. The molecule has 0 saturated carbocycles. The highest BCUT2D eigenvalue weighted by Gasteiger charge is 2.17. The predicted molar refractivity (Wildman–Crippen MR) is 84.3 cm³/mol. The smallest absolute Gasteiger partial charge is 0.271 e. The van der Waals surface area contributed by atoms with Gasteiger partial charge in [-0.15, -0.1) is 0 Å². The van der Waals surface area contributed by atoms with Crippen molar-refractivity contribution in [2.24, 2.45) is 0 Å². The van der Waals surface area contributed by atoms with E-state index < -0.39 is 0 Å². The van der Waals surface area contributed by atoms with Crippen LogP contribution in [0.1, 0.15) is 16.1 Å². The lowest BCUT2D eigenvalue weighted by Crippen LogP contribution is -2.27. The van der Waals surface area contributed by atoms with Crippen LogP contribution in [0.15, 0.2) is 48.7 Å². The monoisotopic (exact) mass is 315 g/mol. The maximum Gasteiger partial charge on any atom is 0.271 e. The summed E-state index contributed by atoms with van der Waals surface area (Å²) in [4.78, 5) is 16.4. The van der Waals surface area contributed by atoms with E-state index in [9.17, 15) is 9.90 Å². The van der Waals surface area contributed by atoms with Gasteiger partial charge in [-0.3, -0.25) is 9.20 Å². The molecular weight excluding hydrogens is 302 g/mol. The number of fused-ring (bicyclic) bond motifs is 1. The Hall–Kier alpha value is -2.53. The van der Waals surface area contributed by atoms with Crippen molar-refractivity contribution in [3.8, 4) is 5.75 Å². The van der Waals surface area contributed by atoms with E-state index in [1.807, 2.05) is 24.3 Å². The summed E-state index contributed by atoms with van der Waals surface area (Å²) in [6, 6.07) is 12.3. The van der Waals surface area contributed by atoms with Crippen LogP contribution in [0.3, 0.4) is 0 Å². The Morgan fingerprint density at radius 1 is 1.23 bits per heavy atom. The summed E-state index contributed by atoms with van der Waals surface area (Å²) in [5.74, 6) is -0.0345. The first kappa shape index (κ1) is 14.4. The van der Waals surface area contributed by atoms with Crippen LogP contribution in [0.4, 0.5) is 0 Å². The van der Waals surface area contributed by atoms with Gasteiger partial charge in [0.2, 0.25) is 0 Å². The number of amides is 1. The highest BCUT2D eigenvalue weighted by atomic mass is 35.5. The molecule has 0 aliphatic rings. The number of aromatic nitrogens is 2. The van der Waals surface area contributed by atoms with Crippen molar-refractivity contribution < 1.29 is 9.90 Å². The summed E-state index contributed by atoms with van der Waals surface area (Å²) in [6.45, 7) is 0.472. The molecule has 0 aliphatic carbocycles. The highest BCUT2D eigenvalue weighted by Crippen LogP contribution is 2.17. The molecule has 3 aromatic rings. The molecular formula is C16H14ClN3O2. The minimum atomic E-state index is -0.262. The van der Waals surface area contributed by atoms with E-state index in [1.165, 1.54) is 0 Å². The Kier molecular flexibility index (Phi) is 3.98. The summed E-state index contributed by atoms with van der Waals surface area (Å²) in [5, 5.41) is 12.3. The zero-order valence-electron chi connectivity index (χ0n) is 11.7. The fourth-order valence-electron chi connectivity index (χ4n) is 2.24. The van der Waals surface area contributed by atoms with Crippen LogP contribution in [0, 0.1) is 0 Å². The first-order valence-corrected chi connectivity index (χ1v) is 7.21. The van der Waals surface area contributed by atoms with Crippen molar-refractivity contribution in [2.45, 2.75) is 6.42 Å². The Labute approximate surface area is 132 Å². The Balaban J connectivity index is 1.68. The van der Waals surface area contributed by atoms with Gasteiger partial charge in [-0.05, 0) is 36.2 Å². The number of pyridine rings is 1. The van der Waals surface area contributed by atoms with Crippen molar-refractivity contribution in [1.29, 1.82) is 0 Å². The number of carbonyl (C=O) groups is 1. The number of halogens is 1. The lowest BCUT2D eigenvalue weighted by molar-refractivity contribution is 0.0948. The molecule has 2 heterocycles. The maximum absolute atomic E-state index is 12.3. The van der Waals surface area contributed by atoms with Crippen LogP contribution in [-0.4, -0.2) is 26.9 Å². The van der Waals surface area contributed by atoms with E-state index in [0.29, 0.717) is 24.3 Å². The van der Waals surface area contributed by atoms with Crippen molar-refractivity contribution >= 4 is 23.2 Å². The van der Waals surface area contributed by atoms with Crippen LogP contribution >= 0.6 is 11.6 Å². The van der Waals surface area contributed by atoms with Crippen LogP contribution in [0.25, 0.3) is 5.65 Å². The summed E-state index contributed by atoms with van der Waals surface area (Å²) >= 11 is 6.06. The van der Waals surface area contributed by atoms with Crippen molar-refractivity contribution in [3.63, 3.8) is 0 Å². The van der Waals surface area contributed by atoms with Gasteiger partial charge in [0, 0.05) is 12.7 Å². The molecule has 0 unspecified atom stereocenters. The standard InChI is InChI=1S/C16H14ClN3O2/c17-15-14(20-10-2-1-3-13(20)19-15)16(22)18-9-8-11-4-6-12(21)7-5-11/h1-7,10,21H,8-9H2,(H,18,22). The molecule has 2 aromatic heterocycles. The Morgan fingerprint density at radius 2 is 2.00 bits per heavy atom. The van der Waals surface area contributed by atoms with Gasteiger partial charge in [-0.2, -0.15) is 0 Å². The number of imidazole rings is 1. The highest BCUT2D eigenvalue weighted by molar-refractivity contribution is 6.32. The summed E-state index contributed by atoms with van der Waals surface area (Å²) < 4.78 is 1.66. The quantitative estimate of drug-likeness (QED) is 0.778. The summed E-state index contributed by atoms with van der Waals surface area (Å²) in [7, 11) is 0. The number of hydrogen-bond acceptors (Lipinski definition) is 3. The zero-order valence-corrected chi connectivity index (χ0v) is 12.4.